The fourth-order valence-electron chi connectivity index (χ4n) is 9.72. The van der Waals surface area contributed by atoms with Gasteiger partial charge in [0.05, 0.1) is 25.3 Å². The molecule has 33 heteroatoms. The number of aliphatic hydroxyl groups excluding tert-OH is 2. The van der Waals surface area contributed by atoms with Crippen molar-refractivity contribution in [3.63, 3.8) is 0 Å². The number of carboxylic acid groups (broad SMARTS) is 2. The Kier molecular flexibility index (Phi) is 36.8. The summed E-state index contributed by atoms with van der Waals surface area (Å²) in [6.07, 6.45) is -3.22. The molecule has 33 nitrogen and oxygen atoms in total. The first-order valence-corrected chi connectivity index (χ1v) is 31.1. The van der Waals surface area contributed by atoms with E-state index in [1.807, 2.05) is 13.8 Å². The number of amides is 11. The van der Waals surface area contributed by atoms with Gasteiger partial charge in [0.2, 0.25) is 65.0 Å². The molecule has 12 atom stereocenters. The van der Waals surface area contributed by atoms with Crippen LogP contribution in [-0.4, -0.2) is 227 Å². The van der Waals surface area contributed by atoms with E-state index < -0.39 is 189 Å². The highest BCUT2D eigenvalue weighted by Gasteiger charge is 2.38. The number of unbranched alkanes of at least 4 members (excludes halogenated alkanes) is 1. The number of rotatable bonds is 33. The summed E-state index contributed by atoms with van der Waals surface area (Å²) in [6, 6.07) is -7.55. The van der Waals surface area contributed by atoms with E-state index in [-0.39, 0.29) is 77.0 Å². The van der Waals surface area contributed by atoms with Crippen LogP contribution in [0, 0.1) is 11.8 Å². The summed E-state index contributed by atoms with van der Waals surface area (Å²) >= 11 is 0. The molecule has 92 heavy (non-hydrogen) atoms. The van der Waals surface area contributed by atoms with Gasteiger partial charge in [-0.25, -0.2) is 0 Å². The number of carboxylic acids is 2. The Morgan fingerprint density at radius 2 is 1.05 bits per heavy atom. The first kappa shape index (κ1) is 80.1. The molecule has 518 valence electrons. The van der Waals surface area contributed by atoms with Gasteiger partial charge in [0.1, 0.15) is 60.4 Å². The zero-order valence-corrected chi connectivity index (χ0v) is 53.5. The molecule has 1 fully saturated rings. The molecule has 2 rings (SSSR count). The number of carbonyl (C=O) groups excluding carboxylic acids is 11. The third-order valence-electron chi connectivity index (χ3n) is 14.6. The monoisotopic (exact) mass is 1300 g/mol. The SMILES string of the molecule is CC(C)CCCCC(=O)N[C@@H](CCN)C(=O)N[C@H](C(=O)N[C@@H](CCN)C(=O)N[C@H]1CCNC(=O)[C@H]([C@@H](C)O)NC(=O)[C@H](CCN(CC(=O)O)CC(=O)O)NC(=O)[C@H](CCN)NC(=O)[C@H](CC(C)C)NC(=O)[C@@H](Cc2ccccc2)NC(=O)[C@H](CCN)NC1=O)[C@@H](C)O. The second-order valence-electron chi connectivity index (χ2n) is 23.6. The minimum Gasteiger partial charge on any atom is -0.480 e. The summed E-state index contributed by atoms with van der Waals surface area (Å²) in [7, 11) is 0. The van der Waals surface area contributed by atoms with Gasteiger partial charge in [-0.05, 0) is 109 Å². The Morgan fingerprint density at radius 3 is 1.57 bits per heavy atom. The van der Waals surface area contributed by atoms with Crippen LogP contribution in [0.2, 0.25) is 0 Å². The third kappa shape index (κ3) is 30.0. The molecule has 1 aromatic carbocycles. The highest BCUT2D eigenvalue weighted by atomic mass is 16.4. The quantitative estimate of drug-likeness (QED) is 0.0291. The van der Waals surface area contributed by atoms with Crippen molar-refractivity contribution < 1.29 is 82.8 Å². The third-order valence-corrected chi connectivity index (χ3v) is 14.6. The Labute approximate surface area is 535 Å². The predicted octanol–water partition coefficient (Wildman–Crippen LogP) is -6.12. The first-order chi connectivity index (χ1) is 43.4. The van der Waals surface area contributed by atoms with Crippen LogP contribution in [0.25, 0.3) is 0 Å². The molecule has 0 bridgehead atoms. The maximum absolute atomic E-state index is 14.6. The second kappa shape index (κ2) is 42.2. The van der Waals surface area contributed by atoms with Crippen molar-refractivity contribution >= 4 is 76.9 Å². The van der Waals surface area contributed by atoms with E-state index in [9.17, 15) is 82.8 Å². The minimum atomic E-state index is -1.87. The van der Waals surface area contributed by atoms with Crippen LogP contribution in [0.4, 0.5) is 0 Å². The largest absolute Gasteiger partial charge is 0.480 e. The Bertz CT molecular complexity index is 2580. The molecule has 1 saturated heterocycles. The van der Waals surface area contributed by atoms with Gasteiger partial charge in [-0.1, -0.05) is 70.9 Å². The molecule has 1 aliphatic rings. The summed E-state index contributed by atoms with van der Waals surface area (Å²) < 4.78 is 0. The van der Waals surface area contributed by atoms with E-state index in [0.717, 1.165) is 24.7 Å². The van der Waals surface area contributed by atoms with Crippen LogP contribution >= 0.6 is 0 Å². The number of hydrogen-bond donors (Lipinski definition) is 19. The van der Waals surface area contributed by atoms with Gasteiger partial charge < -0.3 is 102 Å². The lowest BCUT2D eigenvalue weighted by Gasteiger charge is -2.29. The summed E-state index contributed by atoms with van der Waals surface area (Å²) in [4.78, 5) is 180. The fraction of sp³-hybridized carbons (Fsp3) is 0.678. The van der Waals surface area contributed by atoms with Crippen LogP contribution in [0.3, 0.4) is 0 Å². The molecule has 1 heterocycles. The van der Waals surface area contributed by atoms with Crippen molar-refractivity contribution in [3.05, 3.63) is 35.9 Å². The number of nitrogens with zero attached hydrogens (tertiary/aromatic N) is 1. The lowest BCUT2D eigenvalue weighted by atomic mass is 10.00. The van der Waals surface area contributed by atoms with Gasteiger partial charge in [-0.3, -0.25) is 67.2 Å². The van der Waals surface area contributed by atoms with E-state index in [2.05, 4.69) is 58.5 Å². The van der Waals surface area contributed by atoms with Crippen LogP contribution in [0.15, 0.2) is 30.3 Å². The Balaban J connectivity index is 2.79. The van der Waals surface area contributed by atoms with Gasteiger partial charge in [-0.2, -0.15) is 0 Å². The van der Waals surface area contributed by atoms with E-state index in [4.69, 9.17) is 22.9 Å². The standard InChI is InChI=1S/C59H100N16O17/c1-32(2)12-10-11-15-45(78)65-37(16-22-60)54(87)74-49(35(6)77)59(92)70-40(19-25-63)51(84)68-41-20-26-64-58(91)48(34(5)76)73-55(88)42(21-27-75(30-46(79)80)31-47(81)82)69-50(83)38(17-23-61)67-56(89)43(28-33(3)4)71-57(90)44(29-36-13-8-7-9-14-36)72-52(85)39(18-24-62)66-53(41)86/h7-9,13-14,32-35,37-44,48-49,76-77H,10-12,15-31,60-63H2,1-6H3,(H,64,91)(H,65,78)(H,66,86)(H,67,89)(H,68,84)(H,69,83)(H,70,92)(H,71,90)(H,72,85)(H,73,88)(H,74,87)(H,79,80)(H,81,82)/t34-,35-,37+,38+,39+,40+,41+,42+,43+,44-,48+,49+/m1/s1. The summed E-state index contributed by atoms with van der Waals surface area (Å²) in [6.45, 7) is 6.38. The lowest BCUT2D eigenvalue weighted by molar-refractivity contribution is -0.142. The molecule has 11 amide bonds. The van der Waals surface area contributed by atoms with Gasteiger partial charge in [0.25, 0.3) is 0 Å². The number of nitrogens with one attached hydrogen (secondary N) is 11. The topological polar surface area (TPSA) is 542 Å². The molecule has 1 aromatic rings. The molecule has 23 N–H and O–H groups in total. The zero-order valence-electron chi connectivity index (χ0n) is 53.5. The molecule has 1 aliphatic heterocycles. The summed E-state index contributed by atoms with van der Waals surface area (Å²) in [5.41, 5.74) is 24.1. The number of aliphatic carboxylic acids is 2. The summed E-state index contributed by atoms with van der Waals surface area (Å²) in [5, 5.41) is 68.4. The molecule has 0 saturated carbocycles. The lowest BCUT2D eigenvalue weighted by Crippen LogP contribution is -2.62. The zero-order chi connectivity index (χ0) is 69.2. The number of aliphatic hydroxyl groups is 2. The predicted molar refractivity (Wildman–Crippen MR) is 334 cm³/mol. The molecule has 0 spiro atoms. The number of nitrogens with two attached hydrogens (primary N) is 4. The van der Waals surface area contributed by atoms with Crippen LogP contribution < -0.4 is 81.4 Å². The van der Waals surface area contributed by atoms with Crippen LogP contribution in [-0.2, 0) is 68.7 Å². The number of hydrogen-bond acceptors (Lipinski definition) is 20. The van der Waals surface area contributed by atoms with Crippen LogP contribution in [0.5, 0.6) is 0 Å². The van der Waals surface area contributed by atoms with E-state index in [1.54, 1.807) is 44.2 Å². The van der Waals surface area contributed by atoms with Crippen molar-refractivity contribution in [2.24, 2.45) is 34.8 Å². The van der Waals surface area contributed by atoms with Gasteiger partial charge in [-0.15, -0.1) is 0 Å². The Hall–Kier alpha value is -7.95. The van der Waals surface area contributed by atoms with Crippen molar-refractivity contribution in [1.82, 2.24) is 63.4 Å². The number of carbonyl (C=O) groups is 13. The molecule has 0 unspecified atom stereocenters. The van der Waals surface area contributed by atoms with Crippen molar-refractivity contribution in [2.75, 3.05) is 52.4 Å². The minimum absolute atomic E-state index is 0.0423. The second-order valence-corrected chi connectivity index (χ2v) is 23.6. The van der Waals surface area contributed by atoms with Crippen molar-refractivity contribution in [1.29, 1.82) is 0 Å². The fourth-order valence-corrected chi connectivity index (χ4v) is 9.72. The molecule has 0 radical (unpaired) electrons. The molecule has 0 aromatic heterocycles. The highest BCUT2D eigenvalue weighted by Crippen LogP contribution is 2.13. The molecular weight excluding hydrogens is 1200 g/mol. The molecular formula is C59H100N16O17. The normalized spacial score (nSPS) is 21.7. The van der Waals surface area contributed by atoms with Gasteiger partial charge in [0.15, 0.2) is 0 Å². The average Bonchev–Trinajstić information content (AvgIpc) is 0.979. The van der Waals surface area contributed by atoms with Crippen molar-refractivity contribution in [2.45, 2.75) is 191 Å². The maximum atomic E-state index is 14.6. The van der Waals surface area contributed by atoms with Crippen LogP contribution in [0.1, 0.15) is 118 Å². The maximum Gasteiger partial charge on any atom is 0.317 e. The smallest absolute Gasteiger partial charge is 0.317 e. The molecule has 0 aliphatic carbocycles. The number of benzene rings is 1. The van der Waals surface area contributed by atoms with E-state index >= 15 is 0 Å². The van der Waals surface area contributed by atoms with E-state index in [0.29, 0.717) is 17.9 Å². The average molecular weight is 1310 g/mol. The van der Waals surface area contributed by atoms with Gasteiger partial charge in [0, 0.05) is 25.9 Å². The Morgan fingerprint density at radius 1 is 0.554 bits per heavy atom. The van der Waals surface area contributed by atoms with Gasteiger partial charge >= 0.3 is 11.9 Å². The highest BCUT2D eigenvalue weighted by molar-refractivity contribution is 5.99. The summed E-state index contributed by atoms with van der Waals surface area (Å²) in [5.74, 6) is -13.4. The van der Waals surface area contributed by atoms with E-state index in [1.165, 1.54) is 6.92 Å². The van der Waals surface area contributed by atoms with Crippen molar-refractivity contribution in [3.8, 4) is 0 Å². The first-order valence-electron chi connectivity index (χ1n) is 31.1.